The maximum atomic E-state index is 11.3. The average molecular weight is 201 g/mol. The summed E-state index contributed by atoms with van der Waals surface area (Å²) in [6.45, 7) is 7.24. The Morgan fingerprint density at radius 3 is 2.21 bits per heavy atom. The van der Waals surface area contributed by atoms with Crippen molar-refractivity contribution in [3.05, 3.63) is 0 Å². The van der Waals surface area contributed by atoms with E-state index in [0.717, 1.165) is 0 Å². The fourth-order valence-corrected chi connectivity index (χ4v) is 1.08. The zero-order valence-corrected chi connectivity index (χ0v) is 9.26. The number of amides is 1. The van der Waals surface area contributed by atoms with Crippen molar-refractivity contribution in [2.75, 3.05) is 0 Å². The van der Waals surface area contributed by atoms with E-state index in [0.29, 0.717) is 12.8 Å². The molecule has 0 aliphatic heterocycles. The molecule has 0 aromatic rings. The Morgan fingerprint density at radius 1 is 1.36 bits per heavy atom. The second-order valence-corrected chi connectivity index (χ2v) is 4.44. The summed E-state index contributed by atoms with van der Waals surface area (Å²) in [5.41, 5.74) is -0.531. The lowest BCUT2D eigenvalue weighted by Gasteiger charge is -2.24. The molecular formula is C10H19NO3. The van der Waals surface area contributed by atoms with Crippen molar-refractivity contribution in [3.63, 3.8) is 0 Å². The first kappa shape index (κ1) is 12.9. The topological polar surface area (TPSA) is 66.4 Å². The molecule has 0 fully saturated rings. The smallest absolute Gasteiger partial charge is 0.405 e. The number of carbonyl (C=O) groups excluding carboxylic acids is 1. The summed E-state index contributed by atoms with van der Waals surface area (Å²) in [4.78, 5) is 21.7. The van der Waals surface area contributed by atoms with E-state index in [2.05, 4.69) is 5.32 Å². The third-order valence-electron chi connectivity index (χ3n) is 2.09. The molecule has 1 amide bonds. The lowest BCUT2D eigenvalue weighted by molar-refractivity contribution is -0.122. The third kappa shape index (κ3) is 5.56. The molecule has 0 heterocycles. The number of carbonyl (C=O) groups is 2. The maximum absolute atomic E-state index is 11.3. The fourth-order valence-electron chi connectivity index (χ4n) is 1.08. The van der Waals surface area contributed by atoms with Crippen LogP contribution in [0.25, 0.3) is 0 Å². The normalized spacial score (nSPS) is 11.5. The van der Waals surface area contributed by atoms with E-state index < -0.39 is 11.6 Å². The van der Waals surface area contributed by atoms with Gasteiger partial charge in [-0.3, -0.25) is 4.79 Å². The molecular weight excluding hydrogens is 182 g/mol. The zero-order chi connectivity index (χ0) is 11.4. The largest absolute Gasteiger partial charge is 0.465 e. The van der Waals surface area contributed by atoms with Crippen LogP contribution in [0.5, 0.6) is 0 Å². The molecule has 0 aliphatic carbocycles. The van der Waals surface area contributed by atoms with Crippen LogP contribution in [-0.4, -0.2) is 22.5 Å². The van der Waals surface area contributed by atoms with Crippen LogP contribution in [0.1, 0.15) is 40.5 Å². The predicted octanol–water partition coefficient (Wildman–Crippen LogP) is 2.04. The maximum Gasteiger partial charge on any atom is 0.405 e. The summed E-state index contributed by atoms with van der Waals surface area (Å²) >= 11 is 0. The van der Waals surface area contributed by atoms with Gasteiger partial charge < -0.3 is 10.4 Å². The predicted molar refractivity (Wildman–Crippen MR) is 54.3 cm³/mol. The molecule has 4 heteroatoms. The van der Waals surface area contributed by atoms with E-state index >= 15 is 0 Å². The van der Waals surface area contributed by atoms with Crippen molar-refractivity contribution in [1.82, 2.24) is 5.32 Å². The Labute approximate surface area is 84.7 Å². The number of hydrogen-bond acceptors (Lipinski definition) is 2. The van der Waals surface area contributed by atoms with Crippen molar-refractivity contribution in [3.8, 4) is 0 Å². The van der Waals surface area contributed by atoms with Gasteiger partial charge >= 0.3 is 6.09 Å². The van der Waals surface area contributed by atoms with Crippen LogP contribution in [0, 0.1) is 5.92 Å². The van der Waals surface area contributed by atoms with Gasteiger partial charge in [0.2, 0.25) is 0 Å². The van der Waals surface area contributed by atoms with E-state index in [4.69, 9.17) is 5.11 Å². The fraction of sp³-hybridized carbons (Fsp3) is 0.800. The molecule has 0 aliphatic rings. The summed E-state index contributed by atoms with van der Waals surface area (Å²) in [5, 5.41) is 10.9. The Hall–Kier alpha value is -1.06. The van der Waals surface area contributed by atoms with Crippen LogP contribution in [-0.2, 0) is 4.79 Å². The van der Waals surface area contributed by atoms with Crippen LogP contribution >= 0.6 is 0 Å². The molecule has 0 aromatic heterocycles. The van der Waals surface area contributed by atoms with Crippen LogP contribution in [0.3, 0.4) is 0 Å². The van der Waals surface area contributed by atoms with Gasteiger partial charge in [0.1, 0.15) is 5.78 Å². The summed E-state index contributed by atoms with van der Waals surface area (Å²) < 4.78 is 0. The quantitative estimate of drug-likeness (QED) is 0.715. The molecule has 0 radical (unpaired) electrons. The van der Waals surface area contributed by atoms with Crippen LogP contribution in [0.15, 0.2) is 0 Å². The molecule has 4 nitrogen and oxygen atoms in total. The van der Waals surface area contributed by atoms with Crippen molar-refractivity contribution in [2.24, 2.45) is 5.92 Å². The van der Waals surface area contributed by atoms with E-state index in [1.807, 2.05) is 13.8 Å². The Morgan fingerprint density at radius 2 is 1.86 bits per heavy atom. The molecule has 0 spiro atoms. The van der Waals surface area contributed by atoms with Crippen LogP contribution < -0.4 is 5.32 Å². The van der Waals surface area contributed by atoms with Gasteiger partial charge in [0.25, 0.3) is 0 Å². The summed E-state index contributed by atoms with van der Waals surface area (Å²) in [7, 11) is 0. The number of carboxylic acid groups (broad SMARTS) is 1. The first-order valence-corrected chi connectivity index (χ1v) is 4.78. The summed E-state index contributed by atoms with van der Waals surface area (Å²) in [5.74, 6) is 0.195. The Bertz CT molecular complexity index is 221. The molecule has 0 aromatic carbocycles. The van der Waals surface area contributed by atoms with Crippen molar-refractivity contribution in [1.29, 1.82) is 0 Å². The van der Waals surface area contributed by atoms with Gasteiger partial charge in [-0.15, -0.1) is 0 Å². The summed E-state index contributed by atoms with van der Waals surface area (Å²) in [6.07, 6.45) is -0.0895. The van der Waals surface area contributed by atoms with E-state index in [-0.39, 0.29) is 11.7 Å². The van der Waals surface area contributed by atoms with Gasteiger partial charge in [-0.05, 0) is 20.3 Å². The number of ketones is 1. The molecule has 0 rings (SSSR count). The highest BCUT2D eigenvalue weighted by Gasteiger charge is 2.21. The van der Waals surface area contributed by atoms with Crippen molar-refractivity contribution < 1.29 is 14.7 Å². The minimum atomic E-state index is -1.05. The minimum Gasteiger partial charge on any atom is -0.465 e. The average Bonchev–Trinajstić information content (AvgIpc) is 1.97. The Kier molecular flexibility index (Phi) is 4.60. The number of nitrogens with one attached hydrogen (secondary N) is 1. The Balaban J connectivity index is 3.98. The molecule has 0 saturated heterocycles. The van der Waals surface area contributed by atoms with E-state index in [9.17, 15) is 9.59 Å². The van der Waals surface area contributed by atoms with Gasteiger partial charge in [0.05, 0.1) is 0 Å². The van der Waals surface area contributed by atoms with E-state index in [1.165, 1.54) is 0 Å². The molecule has 82 valence electrons. The van der Waals surface area contributed by atoms with Crippen LogP contribution in [0.2, 0.25) is 0 Å². The highest BCUT2D eigenvalue weighted by Crippen LogP contribution is 2.13. The molecule has 14 heavy (non-hydrogen) atoms. The highest BCUT2D eigenvalue weighted by molar-refractivity contribution is 5.80. The van der Waals surface area contributed by atoms with E-state index in [1.54, 1.807) is 13.8 Å². The first-order chi connectivity index (χ1) is 6.24. The standard InChI is InChI=1S/C10H19NO3/c1-7(2)8(12)5-6-10(3,4)11-9(13)14/h7,11H,5-6H2,1-4H3,(H,13,14). The van der Waals surface area contributed by atoms with Crippen molar-refractivity contribution in [2.45, 2.75) is 46.1 Å². The van der Waals surface area contributed by atoms with Crippen molar-refractivity contribution >= 4 is 11.9 Å². The highest BCUT2D eigenvalue weighted by atomic mass is 16.4. The number of Topliss-reactive ketones (excluding diaryl/α,β-unsaturated/α-hetero) is 1. The van der Waals surface area contributed by atoms with Crippen LogP contribution in [0.4, 0.5) is 4.79 Å². The van der Waals surface area contributed by atoms with Gasteiger partial charge in [0.15, 0.2) is 0 Å². The second kappa shape index (κ2) is 4.98. The first-order valence-electron chi connectivity index (χ1n) is 4.78. The number of rotatable bonds is 5. The molecule has 0 saturated carbocycles. The van der Waals surface area contributed by atoms with Gasteiger partial charge in [0, 0.05) is 17.9 Å². The third-order valence-corrected chi connectivity index (χ3v) is 2.09. The number of hydrogen-bond donors (Lipinski definition) is 2. The van der Waals surface area contributed by atoms with Gasteiger partial charge in [-0.1, -0.05) is 13.8 Å². The lowest BCUT2D eigenvalue weighted by Crippen LogP contribution is -2.43. The molecule has 0 atom stereocenters. The lowest BCUT2D eigenvalue weighted by atomic mass is 9.94. The molecule has 2 N–H and O–H groups in total. The SMILES string of the molecule is CC(C)C(=O)CCC(C)(C)NC(=O)O. The molecule has 0 unspecified atom stereocenters. The zero-order valence-electron chi connectivity index (χ0n) is 9.26. The minimum absolute atomic E-state index is 0.0237. The monoisotopic (exact) mass is 201 g/mol. The summed E-state index contributed by atoms with van der Waals surface area (Å²) in [6, 6.07) is 0. The second-order valence-electron chi connectivity index (χ2n) is 4.44. The van der Waals surface area contributed by atoms with Gasteiger partial charge in [-0.2, -0.15) is 0 Å². The van der Waals surface area contributed by atoms with Gasteiger partial charge in [-0.25, -0.2) is 4.79 Å². The molecule has 0 bridgehead atoms.